The molecule has 1 heterocycles. The Balaban J connectivity index is 1.69. The monoisotopic (exact) mass is 342 g/mol. The molecule has 24 heavy (non-hydrogen) atoms. The molecular weight excluding hydrogens is 315 g/mol. The van der Waals surface area contributed by atoms with Crippen LogP contribution in [0.4, 0.5) is 4.39 Å². The van der Waals surface area contributed by atoms with Gasteiger partial charge in [-0.1, -0.05) is 0 Å². The number of rotatable bonds is 10. The number of hydrogen-bond donors (Lipinski definition) is 1. The van der Waals surface area contributed by atoms with Crippen molar-refractivity contribution in [2.24, 2.45) is 0 Å². The lowest BCUT2D eigenvalue weighted by molar-refractivity contribution is -0.0344. The Morgan fingerprint density at radius 2 is 1.92 bits per heavy atom. The minimum atomic E-state index is -1.28. The van der Waals surface area contributed by atoms with Gasteiger partial charge in [0.15, 0.2) is 0 Å². The van der Waals surface area contributed by atoms with Crippen molar-refractivity contribution in [3.8, 4) is 0 Å². The van der Waals surface area contributed by atoms with E-state index in [0.29, 0.717) is 63.6 Å². The average Bonchev–Trinajstić information content (AvgIpc) is 2.61. The Morgan fingerprint density at radius 3 is 2.62 bits per heavy atom. The zero-order valence-electron chi connectivity index (χ0n) is 14.2. The molecule has 0 saturated heterocycles. The third-order valence-electron chi connectivity index (χ3n) is 4.31. The zero-order chi connectivity index (χ0) is 17.3. The average molecular weight is 342 g/mol. The number of halogens is 1. The van der Waals surface area contributed by atoms with E-state index in [9.17, 15) is 4.39 Å². The molecule has 1 N–H and O–H groups in total. The molecule has 0 radical (unpaired) electrons. The van der Waals surface area contributed by atoms with Crippen LogP contribution in [-0.4, -0.2) is 60.9 Å². The van der Waals surface area contributed by atoms with Crippen molar-refractivity contribution in [2.45, 2.75) is 43.9 Å². The van der Waals surface area contributed by atoms with Crippen LogP contribution in [-0.2, 0) is 20.8 Å². The van der Waals surface area contributed by atoms with Crippen molar-refractivity contribution in [2.75, 3.05) is 40.1 Å². The molecule has 136 valence electrons. The van der Waals surface area contributed by atoms with Gasteiger partial charge in [-0.3, -0.25) is 0 Å². The summed E-state index contributed by atoms with van der Waals surface area (Å²) in [7, 11) is 1.62. The maximum absolute atomic E-state index is 14.8. The van der Waals surface area contributed by atoms with Crippen molar-refractivity contribution in [1.29, 1.82) is 0 Å². The van der Waals surface area contributed by atoms with E-state index in [2.05, 4.69) is 9.97 Å². The highest BCUT2D eigenvalue weighted by Crippen LogP contribution is 2.39. The summed E-state index contributed by atoms with van der Waals surface area (Å²) in [5, 5.41) is 9.15. The largest absolute Gasteiger partial charge is 0.390 e. The number of ether oxygens (including phenoxy) is 3. The number of nitrogens with zero attached hydrogens (tertiary/aromatic N) is 2. The fraction of sp³-hybridized carbons (Fsp3) is 0.765. The maximum atomic E-state index is 14.8. The normalized spacial score (nSPS) is 24.2. The Hall–Kier alpha value is -1.15. The Morgan fingerprint density at radius 1 is 1.21 bits per heavy atom. The number of methoxy groups -OCH3 is 1. The van der Waals surface area contributed by atoms with Crippen LogP contribution in [0.1, 0.15) is 43.1 Å². The van der Waals surface area contributed by atoms with E-state index in [1.807, 2.05) is 0 Å². The van der Waals surface area contributed by atoms with Gasteiger partial charge in [0.1, 0.15) is 11.5 Å². The molecular formula is C17H27FN2O4. The van der Waals surface area contributed by atoms with Gasteiger partial charge >= 0.3 is 0 Å². The maximum Gasteiger partial charge on any atom is 0.134 e. The summed E-state index contributed by atoms with van der Waals surface area (Å²) in [6, 6.07) is 1.69. The molecule has 0 unspecified atom stereocenters. The molecule has 6 nitrogen and oxygen atoms in total. The van der Waals surface area contributed by atoms with E-state index in [0.717, 1.165) is 0 Å². The number of aromatic nitrogens is 2. The first kappa shape index (κ1) is 19.2. The fourth-order valence-corrected chi connectivity index (χ4v) is 2.85. The van der Waals surface area contributed by atoms with Gasteiger partial charge in [-0.2, -0.15) is 0 Å². The Kier molecular flexibility index (Phi) is 7.98. The molecule has 2 rings (SSSR count). The molecule has 1 aromatic rings. The van der Waals surface area contributed by atoms with Crippen LogP contribution in [0.25, 0.3) is 0 Å². The standard InChI is InChI=1S/C17H27FN2O4/c1-22-8-9-23-10-11-24-13-17(18)5-2-14(3-6-17)16-19-7-4-15(12-21)20-16/h4,7,14,21H,2-3,5-6,8-13H2,1H3/t14-,17+. The number of aliphatic hydroxyl groups excluding tert-OH is 1. The van der Waals surface area contributed by atoms with Crippen LogP contribution in [0.5, 0.6) is 0 Å². The van der Waals surface area contributed by atoms with Gasteiger partial charge in [-0.05, 0) is 31.7 Å². The molecule has 1 fully saturated rings. The van der Waals surface area contributed by atoms with Crippen LogP contribution in [0.3, 0.4) is 0 Å². The first-order valence-electron chi connectivity index (χ1n) is 8.43. The predicted octanol–water partition coefficient (Wildman–Crippen LogP) is 2.01. The number of hydrogen-bond acceptors (Lipinski definition) is 6. The summed E-state index contributed by atoms with van der Waals surface area (Å²) in [5.41, 5.74) is -0.675. The fourth-order valence-electron chi connectivity index (χ4n) is 2.85. The molecule has 0 atom stereocenters. The minimum Gasteiger partial charge on any atom is -0.390 e. The van der Waals surface area contributed by atoms with Gasteiger partial charge in [-0.15, -0.1) is 0 Å². The smallest absolute Gasteiger partial charge is 0.134 e. The van der Waals surface area contributed by atoms with Gasteiger partial charge < -0.3 is 19.3 Å². The van der Waals surface area contributed by atoms with Crippen molar-refractivity contribution in [1.82, 2.24) is 9.97 Å². The van der Waals surface area contributed by atoms with Crippen molar-refractivity contribution < 1.29 is 23.7 Å². The second-order valence-electron chi connectivity index (χ2n) is 6.15. The summed E-state index contributed by atoms with van der Waals surface area (Å²) in [5.74, 6) is 0.855. The van der Waals surface area contributed by atoms with Crippen molar-refractivity contribution in [3.63, 3.8) is 0 Å². The molecule has 1 aromatic heterocycles. The first-order valence-corrected chi connectivity index (χ1v) is 8.43. The van der Waals surface area contributed by atoms with Gasteiger partial charge in [0.2, 0.25) is 0 Å². The summed E-state index contributed by atoms with van der Waals surface area (Å²) in [6.07, 6.45) is 3.92. The Labute approximate surface area is 142 Å². The topological polar surface area (TPSA) is 73.7 Å². The zero-order valence-corrected chi connectivity index (χ0v) is 14.2. The second-order valence-corrected chi connectivity index (χ2v) is 6.15. The third kappa shape index (κ3) is 6.05. The molecule has 0 amide bonds. The third-order valence-corrected chi connectivity index (χ3v) is 4.31. The minimum absolute atomic E-state index is 0.102. The summed E-state index contributed by atoms with van der Waals surface area (Å²) in [4.78, 5) is 8.60. The first-order chi connectivity index (χ1) is 11.7. The van der Waals surface area contributed by atoms with Gasteiger partial charge in [0, 0.05) is 19.2 Å². The van der Waals surface area contributed by atoms with Crippen LogP contribution in [0.15, 0.2) is 12.3 Å². The summed E-state index contributed by atoms with van der Waals surface area (Å²) >= 11 is 0. The van der Waals surface area contributed by atoms with Crippen LogP contribution < -0.4 is 0 Å². The SMILES string of the molecule is COCCOCCOC[C@]1(F)CC[C@@H](c2nccc(CO)n2)CC1. The molecule has 0 aliphatic heterocycles. The highest BCUT2D eigenvalue weighted by atomic mass is 19.1. The van der Waals surface area contributed by atoms with E-state index in [-0.39, 0.29) is 19.1 Å². The van der Waals surface area contributed by atoms with Gasteiger partial charge in [-0.25, -0.2) is 14.4 Å². The van der Waals surface area contributed by atoms with Crippen LogP contribution in [0.2, 0.25) is 0 Å². The lowest BCUT2D eigenvalue weighted by atomic mass is 9.80. The molecule has 0 aromatic carbocycles. The molecule has 1 aliphatic rings. The van der Waals surface area contributed by atoms with E-state index in [1.54, 1.807) is 19.4 Å². The summed E-state index contributed by atoms with van der Waals surface area (Å²) < 4.78 is 30.4. The van der Waals surface area contributed by atoms with E-state index in [4.69, 9.17) is 19.3 Å². The highest BCUT2D eigenvalue weighted by molar-refractivity contribution is 5.07. The summed E-state index contributed by atoms with van der Waals surface area (Å²) in [6.45, 7) is 1.91. The van der Waals surface area contributed by atoms with Gasteiger partial charge in [0.05, 0.1) is 45.3 Å². The molecule has 0 spiro atoms. The van der Waals surface area contributed by atoms with E-state index >= 15 is 0 Å². The van der Waals surface area contributed by atoms with Gasteiger partial charge in [0.25, 0.3) is 0 Å². The Bertz CT molecular complexity index is 481. The lowest BCUT2D eigenvalue weighted by Crippen LogP contribution is -2.34. The molecule has 1 saturated carbocycles. The van der Waals surface area contributed by atoms with E-state index in [1.165, 1.54) is 0 Å². The predicted molar refractivity (Wildman–Crippen MR) is 86.5 cm³/mol. The van der Waals surface area contributed by atoms with Crippen molar-refractivity contribution >= 4 is 0 Å². The number of alkyl halides is 1. The van der Waals surface area contributed by atoms with E-state index < -0.39 is 5.67 Å². The number of aliphatic hydroxyl groups is 1. The quantitative estimate of drug-likeness (QED) is 0.656. The molecule has 7 heteroatoms. The highest BCUT2D eigenvalue weighted by Gasteiger charge is 2.36. The van der Waals surface area contributed by atoms with Crippen LogP contribution in [0, 0.1) is 0 Å². The van der Waals surface area contributed by atoms with Crippen molar-refractivity contribution in [3.05, 3.63) is 23.8 Å². The second kappa shape index (κ2) is 9.98. The molecule has 0 bridgehead atoms. The lowest BCUT2D eigenvalue weighted by Gasteiger charge is -2.33. The molecule has 1 aliphatic carbocycles. The van der Waals surface area contributed by atoms with Crippen LogP contribution >= 0.6 is 0 Å².